The van der Waals surface area contributed by atoms with Crippen molar-refractivity contribution < 1.29 is 14.3 Å². The topological polar surface area (TPSA) is 35.5 Å². The van der Waals surface area contributed by atoms with Gasteiger partial charge in [-0.3, -0.25) is 0 Å². The summed E-state index contributed by atoms with van der Waals surface area (Å²) in [5, 5.41) is 0. The third-order valence-corrected chi connectivity index (χ3v) is 2.55. The lowest BCUT2D eigenvalue weighted by Crippen LogP contribution is -2.30. The summed E-state index contributed by atoms with van der Waals surface area (Å²) in [6, 6.07) is 7.33. The molecule has 0 N–H and O–H groups in total. The van der Waals surface area contributed by atoms with Crippen molar-refractivity contribution in [3.63, 3.8) is 0 Å². The fourth-order valence-corrected chi connectivity index (χ4v) is 1.63. The van der Waals surface area contributed by atoms with Gasteiger partial charge in [-0.05, 0) is 24.6 Å². The van der Waals surface area contributed by atoms with Gasteiger partial charge < -0.3 is 9.47 Å². The first kappa shape index (κ1) is 10.9. The van der Waals surface area contributed by atoms with Gasteiger partial charge in [0.1, 0.15) is 0 Å². The largest absolute Gasteiger partial charge is 0.426 e. The average Bonchev–Trinajstić information content (AvgIpc) is 2.65. The van der Waals surface area contributed by atoms with E-state index in [1.165, 1.54) is 0 Å². The highest BCUT2D eigenvalue weighted by molar-refractivity contribution is 5.91. The molecule has 3 heteroatoms. The van der Waals surface area contributed by atoms with E-state index >= 15 is 0 Å². The van der Waals surface area contributed by atoms with Crippen molar-refractivity contribution >= 4 is 5.97 Å². The average molecular weight is 218 g/mol. The van der Waals surface area contributed by atoms with Crippen LogP contribution >= 0.6 is 0 Å². The quantitative estimate of drug-likeness (QED) is 0.565. The summed E-state index contributed by atoms with van der Waals surface area (Å²) in [5.74, 6) is -1.27. The van der Waals surface area contributed by atoms with Crippen LogP contribution in [0.15, 0.2) is 36.4 Å². The number of carbonyl (C=O) groups is 1. The van der Waals surface area contributed by atoms with Crippen LogP contribution in [0.2, 0.25) is 0 Å². The predicted octanol–water partition coefficient (Wildman–Crippen LogP) is 2.45. The van der Waals surface area contributed by atoms with E-state index in [0.717, 1.165) is 5.56 Å². The smallest absolute Gasteiger partial charge is 0.341 e. The second-order valence-corrected chi connectivity index (χ2v) is 3.93. The first-order valence-corrected chi connectivity index (χ1v) is 5.21. The third kappa shape index (κ3) is 2.14. The number of benzene rings is 1. The molecule has 1 atom stereocenters. The van der Waals surface area contributed by atoms with E-state index in [4.69, 9.17) is 9.47 Å². The molecule has 3 nitrogen and oxygen atoms in total. The molecular formula is C13H14O3. The van der Waals surface area contributed by atoms with Crippen LogP contribution in [0.3, 0.4) is 0 Å². The number of ether oxygens (including phenoxy) is 2. The summed E-state index contributed by atoms with van der Waals surface area (Å²) < 4.78 is 10.6. The Morgan fingerprint density at radius 1 is 1.44 bits per heavy atom. The number of carbonyl (C=O) groups excluding carboxylic acids is 1. The van der Waals surface area contributed by atoms with E-state index in [9.17, 15) is 4.79 Å². The van der Waals surface area contributed by atoms with E-state index in [1.54, 1.807) is 19.1 Å². The van der Waals surface area contributed by atoms with Crippen molar-refractivity contribution in [2.45, 2.75) is 19.6 Å². The van der Waals surface area contributed by atoms with E-state index in [2.05, 4.69) is 0 Å². The van der Waals surface area contributed by atoms with Crippen molar-refractivity contribution in [3.05, 3.63) is 47.5 Å². The molecule has 0 amide bonds. The first-order valence-electron chi connectivity index (χ1n) is 5.21. The minimum absolute atomic E-state index is 0.354. The third-order valence-electron chi connectivity index (χ3n) is 2.55. The summed E-state index contributed by atoms with van der Waals surface area (Å²) in [6.07, 6.45) is 3.59. The van der Waals surface area contributed by atoms with Crippen LogP contribution in [0.1, 0.15) is 22.8 Å². The molecular weight excluding hydrogens is 204 g/mol. The Labute approximate surface area is 94.7 Å². The van der Waals surface area contributed by atoms with Crippen LogP contribution in [-0.2, 0) is 9.47 Å². The van der Waals surface area contributed by atoms with Crippen molar-refractivity contribution in [3.8, 4) is 0 Å². The second kappa shape index (κ2) is 4.10. The lowest BCUT2D eigenvalue weighted by molar-refractivity contribution is -0.138. The molecule has 0 spiro atoms. The number of rotatable bonds is 2. The maximum Gasteiger partial charge on any atom is 0.341 e. The molecule has 0 bridgehead atoms. The lowest BCUT2D eigenvalue weighted by atomic mass is 10.1. The first-order chi connectivity index (χ1) is 7.61. The molecule has 0 radical (unpaired) electrons. The highest BCUT2D eigenvalue weighted by Gasteiger charge is 2.30. The molecule has 2 rings (SSSR count). The molecule has 0 aromatic heterocycles. The van der Waals surface area contributed by atoms with E-state index in [0.29, 0.717) is 12.2 Å². The van der Waals surface area contributed by atoms with Gasteiger partial charge in [0, 0.05) is 6.92 Å². The Kier molecular flexibility index (Phi) is 2.79. The lowest BCUT2D eigenvalue weighted by Gasteiger charge is -2.22. The molecule has 84 valence electrons. The summed E-state index contributed by atoms with van der Waals surface area (Å²) >= 11 is 0. The Hall–Kier alpha value is -1.61. The highest BCUT2D eigenvalue weighted by Crippen LogP contribution is 2.22. The summed E-state index contributed by atoms with van der Waals surface area (Å²) in [6.45, 7) is 4.09. The maximum absolute atomic E-state index is 11.9. The molecule has 1 aromatic carbocycles. The fraction of sp³-hybridized carbons (Fsp3) is 0.308. The number of aryl methyl sites for hydroxylation is 1. The summed E-state index contributed by atoms with van der Waals surface area (Å²) in [7, 11) is 0. The minimum Gasteiger partial charge on any atom is -0.426 e. The molecule has 0 saturated carbocycles. The van der Waals surface area contributed by atoms with E-state index in [-0.39, 0.29) is 5.97 Å². The van der Waals surface area contributed by atoms with Crippen LogP contribution in [0, 0.1) is 6.92 Å². The van der Waals surface area contributed by atoms with Crippen LogP contribution in [0.5, 0.6) is 0 Å². The van der Waals surface area contributed by atoms with Crippen LogP contribution < -0.4 is 0 Å². The molecule has 1 aromatic rings. The molecule has 1 aliphatic rings. The molecule has 1 aliphatic heterocycles. The zero-order valence-corrected chi connectivity index (χ0v) is 9.40. The monoisotopic (exact) mass is 218 g/mol. The Balaban J connectivity index is 2.15. The van der Waals surface area contributed by atoms with Crippen molar-refractivity contribution in [2.75, 3.05) is 6.61 Å². The van der Waals surface area contributed by atoms with Gasteiger partial charge >= 0.3 is 5.97 Å². The zero-order valence-electron chi connectivity index (χ0n) is 9.40. The van der Waals surface area contributed by atoms with Gasteiger partial charge in [0.15, 0.2) is 0 Å². The normalized spacial score (nSPS) is 23.4. The van der Waals surface area contributed by atoms with Gasteiger partial charge in [0.2, 0.25) is 5.79 Å². The molecule has 0 unspecified atom stereocenters. The SMILES string of the molecule is Cc1ccccc1C(=O)O[C@]1(C)C=CCO1. The molecule has 16 heavy (non-hydrogen) atoms. The minimum atomic E-state index is -0.917. The van der Waals surface area contributed by atoms with Crippen LogP contribution in [0.4, 0.5) is 0 Å². The van der Waals surface area contributed by atoms with Gasteiger partial charge in [-0.25, -0.2) is 4.79 Å². The second-order valence-electron chi connectivity index (χ2n) is 3.93. The molecule has 1 heterocycles. The fourth-order valence-electron chi connectivity index (χ4n) is 1.63. The number of hydrogen-bond acceptors (Lipinski definition) is 3. The number of esters is 1. The Bertz CT molecular complexity index is 437. The van der Waals surface area contributed by atoms with Gasteiger partial charge in [0.05, 0.1) is 12.2 Å². The number of hydrogen-bond donors (Lipinski definition) is 0. The molecule has 0 fully saturated rings. The van der Waals surface area contributed by atoms with Crippen LogP contribution in [0.25, 0.3) is 0 Å². The highest BCUT2D eigenvalue weighted by atomic mass is 16.7. The standard InChI is InChI=1S/C13H14O3/c1-10-6-3-4-7-11(10)12(14)16-13(2)8-5-9-15-13/h3-8H,9H2,1-2H3/t13-/m1/s1. The van der Waals surface area contributed by atoms with E-state index < -0.39 is 5.79 Å². The van der Waals surface area contributed by atoms with Crippen LogP contribution in [-0.4, -0.2) is 18.4 Å². The Morgan fingerprint density at radius 2 is 2.19 bits per heavy atom. The van der Waals surface area contributed by atoms with E-state index in [1.807, 2.05) is 31.2 Å². The summed E-state index contributed by atoms with van der Waals surface area (Å²) in [5.41, 5.74) is 1.48. The Morgan fingerprint density at radius 3 is 2.81 bits per heavy atom. The van der Waals surface area contributed by atoms with Gasteiger partial charge in [-0.1, -0.05) is 24.3 Å². The molecule has 0 aliphatic carbocycles. The van der Waals surface area contributed by atoms with Gasteiger partial charge in [-0.2, -0.15) is 0 Å². The maximum atomic E-state index is 11.9. The molecule has 0 saturated heterocycles. The van der Waals surface area contributed by atoms with Gasteiger partial charge in [0.25, 0.3) is 0 Å². The predicted molar refractivity (Wildman–Crippen MR) is 60.1 cm³/mol. The van der Waals surface area contributed by atoms with Crippen molar-refractivity contribution in [1.29, 1.82) is 0 Å². The van der Waals surface area contributed by atoms with Crippen molar-refractivity contribution in [1.82, 2.24) is 0 Å². The zero-order chi connectivity index (χ0) is 11.6. The van der Waals surface area contributed by atoms with Crippen molar-refractivity contribution in [2.24, 2.45) is 0 Å². The van der Waals surface area contributed by atoms with Gasteiger partial charge in [-0.15, -0.1) is 0 Å². The summed E-state index contributed by atoms with van der Waals surface area (Å²) in [4.78, 5) is 11.9.